The van der Waals surface area contributed by atoms with Crippen molar-refractivity contribution >= 4 is 15.6 Å². The highest BCUT2D eigenvalue weighted by Crippen LogP contribution is 2.33. The molecule has 13 heteroatoms. The van der Waals surface area contributed by atoms with Gasteiger partial charge in [-0.3, -0.25) is 4.98 Å². The van der Waals surface area contributed by atoms with Gasteiger partial charge in [0.2, 0.25) is 0 Å². The van der Waals surface area contributed by atoms with Crippen molar-refractivity contribution in [3.63, 3.8) is 0 Å². The summed E-state index contributed by atoms with van der Waals surface area (Å²) in [5, 5.41) is 10.4. The molecule has 0 amide bonds. The molecule has 10 nitrogen and oxygen atoms in total. The Morgan fingerprint density at radius 2 is 1.86 bits per heavy atom. The molecule has 0 spiro atoms. The number of nitrogens with one attached hydrogen (secondary N) is 2. The van der Waals surface area contributed by atoms with Crippen LogP contribution in [-0.4, -0.2) is 50.0 Å². The van der Waals surface area contributed by atoms with E-state index in [1.165, 1.54) is 32.4 Å². The molecule has 1 atom stereocenters. The summed E-state index contributed by atoms with van der Waals surface area (Å²) in [5.74, 6) is 0.279. The summed E-state index contributed by atoms with van der Waals surface area (Å²) >= 11 is 0. The number of alkyl halides is 2. The summed E-state index contributed by atoms with van der Waals surface area (Å²) in [6.07, 6.45) is 12.2. The Hall–Kier alpha value is -3.71. The molecule has 2 saturated carbocycles. The number of dihydropyridines is 1. The number of hydrogen-bond donors (Lipinski definition) is 3. The number of halogens is 2. The van der Waals surface area contributed by atoms with Crippen LogP contribution in [0.1, 0.15) is 69.3 Å². The second-order valence-corrected chi connectivity index (χ2v) is 13.8. The summed E-state index contributed by atoms with van der Waals surface area (Å²) in [6.45, 7) is 2.96. The fourth-order valence-corrected chi connectivity index (χ4v) is 6.70. The lowest BCUT2D eigenvalue weighted by Gasteiger charge is -2.35. The van der Waals surface area contributed by atoms with Crippen LogP contribution in [-0.2, 0) is 21.4 Å². The van der Waals surface area contributed by atoms with Gasteiger partial charge in [0.05, 0.1) is 34.6 Å². The third-order valence-electron chi connectivity index (χ3n) is 7.96. The molecule has 4 heterocycles. The van der Waals surface area contributed by atoms with E-state index in [0.29, 0.717) is 66.7 Å². The molecule has 2 fully saturated rings. The number of hydrogen-bond acceptors (Lipinski definition) is 9. The Morgan fingerprint density at radius 1 is 1.10 bits per heavy atom. The molecular weight excluding hydrogens is 562 g/mol. The molecule has 222 valence electrons. The maximum Gasteiger partial charge on any atom is 0.256 e. The van der Waals surface area contributed by atoms with Gasteiger partial charge in [-0.2, -0.15) is 9.19 Å². The molecule has 0 bridgehead atoms. The summed E-state index contributed by atoms with van der Waals surface area (Å²) in [5.41, 5.74) is 7.47. The highest BCUT2D eigenvalue weighted by atomic mass is 32.2. The van der Waals surface area contributed by atoms with Gasteiger partial charge in [0.25, 0.3) is 10.0 Å². The number of allylic oxidation sites excluding steroid dienone is 1. The average molecular weight is 597 g/mol. The fraction of sp³-hybridized carbons (Fsp3) is 0.448. The van der Waals surface area contributed by atoms with Crippen molar-refractivity contribution in [2.75, 3.05) is 0 Å². The first-order chi connectivity index (χ1) is 19.9. The summed E-state index contributed by atoms with van der Waals surface area (Å²) in [6, 6.07) is 5.19. The summed E-state index contributed by atoms with van der Waals surface area (Å²) in [7, 11) is -3.53. The monoisotopic (exact) mass is 596 g/mol. The molecule has 3 aliphatic rings. The van der Waals surface area contributed by atoms with Gasteiger partial charge in [-0.25, -0.2) is 27.2 Å². The second kappa shape index (κ2) is 10.5. The molecule has 3 aromatic heterocycles. The highest BCUT2D eigenvalue weighted by molar-refractivity contribution is 7.90. The number of aromatic nitrogens is 5. The van der Waals surface area contributed by atoms with Crippen molar-refractivity contribution in [2.24, 2.45) is 5.73 Å². The SMILES string of the molecule is CC(C)(F)c1ccc(C2=CNC(N)(c3ccnc(-c4cnn(S(=O)(=O)C5CC5)c4)n3)C=C2NC2CCC(F)CC2)nc1. The average Bonchev–Trinajstić information content (AvgIpc) is 3.71. The summed E-state index contributed by atoms with van der Waals surface area (Å²) in [4.78, 5) is 13.5. The van der Waals surface area contributed by atoms with Crippen LogP contribution in [0.25, 0.3) is 17.0 Å². The van der Waals surface area contributed by atoms with Crippen molar-refractivity contribution < 1.29 is 17.2 Å². The first kappa shape index (κ1) is 28.4. The van der Waals surface area contributed by atoms with Crippen LogP contribution in [0.2, 0.25) is 0 Å². The van der Waals surface area contributed by atoms with Gasteiger partial charge in [-0.15, -0.1) is 0 Å². The minimum atomic E-state index is -3.53. The van der Waals surface area contributed by atoms with Gasteiger partial charge in [-0.1, -0.05) is 6.07 Å². The maximum atomic E-state index is 14.5. The van der Waals surface area contributed by atoms with Crippen molar-refractivity contribution in [3.8, 4) is 11.4 Å². The lowest BCUT2D eigenvalue weighted by molar-refractivity contribution is 0.221. The Balaban J connectivity index is 1.32. The minimum Gasteiger partial charge on any atom is -0.382 e. The normalized spacial score (nSPS) is 24.9. The molecule has 6 rings (SSSR count). The van der Waals surface area contributed by atoms with Crippen LogP contribution in [0.5, 0.6) is 0 Å². The molecular formula is C29H34F2N8O2S. The zero-order valence-corrected chi connectivity index (χ0v) is 24.3. The van der Waals surface area contributed by atoms with E-state index < -0.39 is 32.8 Å². The van der Waals surface area contributed by atoms with Crippen LogP contribution in [0.3, 0.4) is 0 Å². The number of nitrogens with two attached hydrogens (primary N) is 1. The zero-order chi connectivity index (χ0) is 29.7. The van der Waals surface area contributed by atoms with Crippen molar-refractivity contribution in [3.05, 3.63) is 77.9 Å². The predicted octanol–water partition coefficient (Wildman–Crippen LogP) is 3.79. The largest absolute Gasteiger partial charge is 0.382 e. The fourth-order valence-electron chi connectivity index (χ4n) is 5.22. The highest BCUT2D eigenvalue weighted by Gasteiger charge is 2.38. The second-order valence-electron chi connectivity index (χ2n) is 11.7. The number of rotatable bonds is 8. The van der Waals surface area contributed by atoms with Gasteiger partial charge >= 0.3 is 0 Å². The van der Waals surface area contributed by atoms with Gasteiger partial charge in [0.1, 0.15) is 11.8 Å². The first-order valence-corrected chi connectivity index (χ1v) is 15.6. The van der Waals surface area contributed by atoms with Gasteiger partial charge in [0, 0.05) is 41.5 Å². The topological polar surface area (TPSA) is 141 Å². The number of pyridine rings is 1. The Labute approximate surface area is 243 Å². The molecule has 0 saturated heterocycles. The molecule has 0 aromatic carbocycles. The van der Waals surface area contributed by atoms with E-state index in [4.69, 9.17) is 5.73 Å². The van der Waals surface area contributed by atoms with E-state index in [0.717, 1.165) is 9.66 Å². The van der Waals surface area contributed by atoms with Crippen LogP contribution < -0.4 is 16.4 Å². The number of nitrogens with zero attached hydrogens (tertiary/aromatic N) is 5. The Bertz CT molecular complexity index is 1640. The third kappa shape index (κ3) is 5.67. The molecule has 0 radical (unpaired) electrons. The Kier molecular flexibility index (Phi) is 7.12. The molecule has 2 aliphatic carbocycles. The summed E-state index contributed by atoms with van der Waals surface area (Å²) < 4.78 is 54.5. The van der Waals surface area contributed by atoms with Crippen LogP contribution in [0.15, 0.2) is 61.0 Å². The van der Waals surface area contributed by atoms with E-state index in [1.807, 2.05) is 6.08 Å². The predicted molar refractivity (Wildman–Crippen MR) is 154 cm³/mol. The maximum absolute atomic E-state index is 14.5. The Morgan fingerprint density at radius 3 is 2.52 bits per heavy atom. The van der Waals surface area contributed by atoms with E-state index in [1.54, 1.807) is 30.6 Å². The van der Waals surface area contributed by atoms with E-state index in [9.17, 15) is 17.2 Å². The minimum absolute atomic E-state index is 0.0401. The smallest absolute Gasteiger partial charge is 0.256 e. The lowest BCUT2D eigenvalue weighted by Crippen LogP contribution is -2.50. The van der Waals surface area contributed by atoms with Crippen LogP contribution in [0, 0.1) is 0 Å². The standard InChI is InChI=1S/C29H34F2N8O2S/c1-28(2,31)19-3-10-24(34-15-19)23-16-35-29(32,13-25(23)37-21-6-4-20(30)5-7-21)26-11-12-33-27(38-26)18-14-36-39(17-18)42(40,41)22-8-9-22/h3,10-17,20-22,35,37H,4-9,32H2,1-2H3. The van der Waals surface area contributed by atoms with Gasteiger partial charge in [0.15, 0.2) is 11.5 Å². The van der Waals surface area contributed by atoms with Crippen LogP contribution >= 0.6 is 0 Å². The molecule has 1 unspecified atom stereocenters. The zero-order valence-electron chi connectivity index (χ0n) is 23.5. The molecule has 4 N–H and O–H groups in total. The van der Waals surface area contributed by atoms with E-state index in [-0.39, 0.29) is 11.9 Å². The quantitative estimate of drug-likeness (QED) is 0.354. The van der Waals surface area contributed by atoms with E-state index >= 15 is 0 Å². The van der Waals surface area contributed by atoms with E-state index in [2.05, 4.69) is 30.7 Å². The first-order valence-electron chi connectivity index (χ1n) is 14.1. The molecule has 3 aromatic rings. The lowest BCUT2D eigenvalue weighted by atomic mass is 9.91. The third-order valence-corrected chi connectivity index (χ3v) is 10.00. The van der Waals surface area contributed by atoms with Crippen LogP contribution in [0.4, 0.5) is 8.78 Å². The van der Waals surface area contributed by atoms with Gasteiger partial charge < -0.3 is 16.4 Å². The van der Waals surface area contributed by atoms with Crippen molar-refractivity contribution in [2.45, 2.75) is 81.2 Å². The molecule has 42 heavy (non-hydrogen) atoms. The molecule has 1 aliphatic heterocycles. The van der Waals surface area contributed by atoms with Gasteiger partial charge in [-0.05, 0) is 70.6 Å². The van der Waals surface area contributed by atoms with Crippen molar-refractivity contribution in [1.29, 1.82) is 0 Å². The van der Waals surface area contributed by atoms with Crippen molar-refractivity contribution in [1.82, 2.24) is 34.8 Å².